The van der Waals surface area contributed by atoms with Gasteiger partial charge in [0.1, 0.15) is 5.75 Å². The molecule has 1 aromatic heterocycles. The van der Waals surface area contributed by atoms with E-state index in [2.05, 4.69) is 30.7 Å². The van der Waals surface area contributed by atoms with Crippen molar-refractivity contribution in [2.75, 3.05) is 6.61 Å². The quantitative estimate of drug-likeness (QED) is 0.859. The number of benzene rings is 1. The van der Waals surface area contributed by atoms with Gasteiger partial charge in [-0.05, 0) is 37.6 Å². The van der Waals surface area contributed by atoms with E-state index in [-0.39, 0.29) is 0 Å². The maximum atomic E-state index is 5.76. The van der Waals surface area contributed by atoms with Crippen molar-refractivity contribution >= 4 is 10.9 Å². The molecule has 2 N–H and O–H groups in total. The van der Waals surface area contributed by atoms with Crippen LogP contribution in [0.5, 0.6) is 5.75 Å². The Kier molecular flexibility index (Phi) is 2.88. The van der Waals surface area contributed by atoms with Crippen molar-refractivity contribution in [3.63, 3.8) is 0 Å². The molecular formula is C13H18N2O. The minimum atomic E-state index is 0.570. The molecule has 1 heterocycles. The first-order valence-electron chi connectivity index (χ1n) is 5.59. The van der Waals surface area contributed by atoms with Gasteiger partial charge in [0.25, 0.3) is 0 Å². The lowest BCUT2D eigenvalue weighted by Crippen LogP contribution is -2.04. The molecule has 1 aromatic carbocycles. The van der Waals surface area contributed by atoms with E-state index in [9.17, 15) is 0 Å². The molecule has 16 heavy (non-hydrogen) atoms. The SMILES string of the molecule is CCOc1ccc2c(c1)c(C)c(CN)n2C. The third kappa shape index (κ3) is 1.57. The summed E-state index contributed by atoms with van der Waals surface area (Å²) in [5, 5.41) is 1.23. The van der Waals surface area contributed by atoms with Crippen LogP contribution in [0.4, 0.5) is 0 Å². The van der Waals surface area contributed by atoms with Crippen molar-refractivity contribution in [1.29, 1.82) is 0 Å². The highest BCUT2D eigenvalue weighted by Crippen LogP contribution is 2.28. The lowest BCUT2D eigenvalue weighted by Gasteiger charge is -2.03. The van der Waals surface area contributed by atoms with Crippen LogP contribution < -0.4 is 10.5 Å². The molecule has 2 rings (SSSR count). The topological polar surface area (TPSA) is 40.2 Å². The van der Waals surface area contributed by atoms with Gasteiger partial charge < -0.3 is 15.0 Å². The smallest absolute Gasteiger partial charge is 0.120 e. The largest absolute Gasteiger partial charge is 0.494 e. The van der Waals surface area contributed by atoms with Gasteiger partial charge in [-0.1, -0.05) is 0 Å². The van der Waals surface area contributed by atoms with Crippen molar-refractivity contribution in [2.24, 2.45) is 12.8 Å². The first kappa shape index (κ1) is 11.0. The van der Waals surface area contributed by atoms with E-state index >= 15 is 0 Å². The average molecular weight is 218 g/mol. The van der Waals surface area contributed by atoms with Crippen LogP contribution in [-0.4, -0.2) is 11.2 Å². The predicted octanol–water partition coefficient (Wildman–Crippen LogP) is 2.34. The molecule has 3 heteroatoms. The summed E-state index contributed by atoms with van der Waals surface area (Å²) >= 11 is 0. The fraction of sp³-hybridized carbons (Fsp3) is 0.385. The molecular weight excluding hydrogens is 200 g/mol. The molecule has 0 atom stereocenters. The highest BCUT2D eigenvalue weighted by molar-refractivity contribution is 5.86. The van der Waals surface area contributed by atoms with E-state index in [1.54, 1.807) is 0 Å². The monoisotopic (exact) mass is 218 g/mol. The zero-order valence-electron chi connectivity index (χ0n) is 10.1. The normalized spacial score (nSPS) is 11.0. The second-order valence-electron chi connectivity index (χ2n) is 3.95. The minimum Gasteiger partial charge on any atom is -0.494 e. The van der Waals surface area contributed by atoms with E-state index < -0.39 is 0 Å². The summed E-state index contributed by atoms with van der Waals surface area (Å²) in [4.78, 5) is 0. The summed E-state index contributed by atoms with van der Waals surface area (Å²) < 4.78 is 7.66. The van der Waals surface area contributed by atoms with E-state index in [1.165, 1.54) is 22.2 Å². The molecule has 0 saturated carbocycles. The predicted molar refractivity (Wildman–Crippen MR) is 66.7 cm³/mol. The van der Waals surface area contributed by atoms with Crippen molar-refractivity contribution in [1.82, 2.24) is 4.57 Å². The van der Waals surface area contributed by atoms with Gasteiger partial charge in [0, 0.05) is 30.2 Å². The van der Waals surface area contributed by atoms with E-state index in [0.717, 1.165) is 5.75 Å². The third-order valence-electron chi connectivity index (χ3n) is 3.08. The van der Waals surface area contributed by atoms with Gasteiger partial charge in [0.05, 0.1) is 6.61 Å². The molecule has 2 aromatic rings. The molecule has 0 radical (unpaired) electrons. The number of nitrogens with zero attached hydrogens (tertiary/aromatic N) is 1. The summed E-state index contributed by atoms with van der Waals surface area (Å²) in [6.45, 7) is 5.37. The summed E-state index contributed by atoms with van der Waals surface area (Å²) in [5.74, 6) is 0.923. The average Bonchev–Trinajstić information content (AvgIpc) is 2.52. The van der Waals surface area contributed by atoms with Gasteiger partial charge in [0.15, 0.2) is 0 Å². The molecule has 0 amide bonds. The fourth-order valence-electron chi connectivity index (χ4n) is 2.21. The Labute approximate surface area is 95.8 Å². The van der Waals surface area contributed by atoms with Crippen molar-refractivity contribution in [3.05, 3.63) is 29.5 Å². The first-order valence-corrected chi connectivity index (χ1v) is 5.59. The van der Waals surface area contributed by atoms with Crippen LogP contribution in [0.15, 0.2) is 18.2 Å². The first-order chi connectivity index (χ1) is 7.69. The molecule has 0 aliphatic carbocycles. The Bertz CT molecular complexity index is 514. The van der Waals surface area contributed by atoms with Crippen LogP contribution in [0.25, 0.3) is 10.9 Å². The number of hydrogen-bond donors (Lipinski definition) is 1. The summed E-state index contributed by atoms with van der Waals surface area (Å²) in [5.41, 5.74) is 9.40. The highest BCUT2D eigenvalue weighted by atomic mass is 16.5. The Balaban J connectivity index is 2.64. The number of fused-ring (bicyclic) bond motifs is 1. The molecule has 86 valence electrons. The van der Waals surface area contributed by atoms with Crippen LogP contribution in [0.3, 0.4) is 0 Å². The fourth-order valence-corrected chi connectivity index (χ4v) is 2.21. The second-order valence-corrected chi connectivity index (χ2v) is 3.95. The van der Waals surface area contributed by atoms with Gasteiger partial charge in [0.2, 0.25) is 0 Å². The Hall–Kier alpha value is -1.48. The van der Waals surface area contributed by atoms with E-state index in [0.29, 0.717) is 13.2 Å². The zero-order chi connectivity index (χ0) is 11.7. The van der Waals surface area contributed by atoms with Crippen LogP contribution >= 0.6 is 0 Å². The summed E-state index contributed by atoms with van der Waals surface area (Å²) in [7, 11) is 2.05. The number of aryl methyl sites for hydroxylation is 2. The number of nitrogens with two attached hydrogens (primary N) is 1. The number of hydrogen-bond acceptors (Lipinski definition) is 2. The van der Waals surface area contributed by atoms with Gasteiger partial charge in [-0.2, -0.15) is 0 Å². The molecule has 0 unspecified atom stereocenters. The lowest BCUT2D eigenvalue weighted by atomic mass is 10.1. The van der Waals surface area contributed by atoms with Crippen molar-refractivity contribution < 1.29 is 4.74 Å². The van der Waals surface area contributed by atoms with Gasteiger partial charge in [-0.25, -0.2) is 0 Å². The number of aromatic nitrogens is 1. The van der Waals surface area contributed by atoms with Gasteiger partial charge >= 0.3 is 0 Å². The van der Waals surface area contributed by atoms with E-state index in [4.69, 9.17) is 10.5 Å². The minimum absolute atomic E-state index is 0.570. The molecule has 0 bridgehead atoms. The van der Waals surface area contributed by atoms with Crippen molar-refractivity contribution in [3.8, 4) is 5.75 Å². The van der Waals surface area contributed by atoms with E-state index in [1.807, 2.05) is 13.0 Å². The molecule has 0 aliphatic heterocycles. The zero-order valence-corrected chi connectivity index (χ0v) is 10.1. The van der Waals surface area contributed by atoms with Crippen LogP contribution in [0, 0.1) is 6.92 Å². The van der Waals surface area contributed by atoms with Crippen LogP contribution in [-0.2, 0) is 13.6 Å². The van der Waals surface area contributed by atoms with Gasteiger partial charge in [-0.3, -0.25) is 0 Å². The summed E-state index contributed by atoms with van der Waals surface area (Å²) in [6.07, 6.45) is 0. The Morgan fingerprint density at radius 2 is 2.12 bits per heavy atom. The number of ether oxygens (including phenoxy) is 1. The van der Waals surface area contributed by atoms with Gasteiger partial charge in [-0.15, -0.1) is 0 Å². The second kappa shape index (κ2) is 4.18. The molecule has 0 saturated heterocycles. The molecule has 3 nitrogen and oxygen atoms in total. The Morgan fingerprint density at radius 1 is 1.38 bits per heavy atom. The van der Waals surface area contributed by atoms with Crippen LogP contribution in [0.2, 0.25) is 0 Å². The maximum Gasteiger partial charge on any atom is 0.120 e. The maximum absolute atomic E-state index is 5.76. The standard InChI is InChI=1S/C13H18N2O/c1-4-16-10-5-6-12-11(7-10)9(2)13(8-14)15(12)3/h5-7H,4,8,14H2,1-3H3. The van der Waals surface area contributed by atoms with Crippen molar-refractivity contribution in [2.45, 2.75) is 20.4 Å². The Morgan fingerprint density at radius 3 is 2.75 bits per heavy atom. The molecule has 0 spiro atoms. The number of rotatable bonds is 3. The lowest BCUT2D eigenvalue weighted by molar-refractivity contribution is 0.340. The van der Waals surface area contributed by atoms with Crippen LogP contribution in [0.1, 0.15) is 18.2 Å². The summed E-state index contributed by atoms with van der Waals surface area (Å²) in [6, 6.07) is 6.19. The molecule has 0 aliphatic rings. The molecule has 0 fully saturated rings. The highest BCUT2D eigenvalue weighted by Gasteiger charge is 2.10. The third-order valence-corrected chi connectivity index (χ3v) is 3.08.